The van der Waals surface area contributed by atoms with Crippen LogP contribution in [0.3, 0.4) is 0 Å². The first kappa shape index (κ1) is 26.3. The highest BCUT2D eigenvalue weighted by Gasteiger charge is 2.23. The summed E-state index contributed by atoms with van der Waals surface area (Å²) in [7, 11) is 0. The molecule has 2 aromatic rings. The maximum absolute atomic E-state index is 13.6. The number of hydrogen-bond donors (Lipinski definition) is 2. The van der Waals surface area contributed by atoms with Gasteiger partial charge < -0.3 is 20.2 Å². The van der Waals surface area contributed by atoms with Crippen molar-refractivity contribution < 1.29 is 14.3 Å². The van der Waals surface area contributed by atoms with Crippen molar-refractivity contribution in [2.45, 2.75) is 26.5 Å². The highest BCUT2D eigenvalue weighted by Crippen LogP contribution is 2.14. The summed E-state index contributed by atoms with van der Waals surface area (Å²) in [6.45, 7) is 5.36. The Balaban J connectivity index is 0.00000363. The normalized spacial score (nSPS) is 14.2. The second kappa shape index (κ2) is 13.0. The zero-order valence-electron chi connectivity index (χ0n) is 18.1. The summed E-state index contributed by atoms with van der Waals surface area (Å²) in [6.07, 6.45) is 0.340. The molecule has 0 atom stereocenters. The van der Waals surface area contributed by atoms with Crippen LogP contribution in [-0.4, -0.2) is 59.5 Å². The van der Waals surface area contributed by atoms with Crippen LogP contribution in [0.5, 0.6) is 0 Å². The number of nitrogens with one attached hydrogen (secondary N) is 1. The van der Waals surface area contributed by atoms with Crippen LogP contribution in [-0.2, 0) is 24.4 Å². The van der Waals surface area contributed by atoms with Crippen LogP contribution in [0.25, 0.3) is 0 Å². The Morgan fingerprint density at radius 1 is 1.12 bits per heavy atom. The van der Waals surface area contributed by atoms with E-state index in [-0.39, 0.29) is 42.1 Å². The summed E-state index contributed by atoms with van der Waals surface area (Å²) in [6, 6.07) is 12.0. The Bertz CT molecular complexity index is 936. The molecule has 0 unspecified atom stereocenters. The maximum Gasteiger partial charge on any atom is 0.227 e. The Kier molecular flexibility index (Phi) is 10.7. The molecule has 2 aromatic carbocycles. The van der Waals surface area contributed by atoms with Crippen molar-refractivity contribution in [1.82, 2.24) is 15.1 Å². The molecule has 1 saturated heterocycles. The zero-order chi connectivity index (χ0) is 22.2. The fraction of sp³-hybridized carbons (Fsp3) is 0.391. The Morgan fingerprint density at radius 3 is 2.50 bits per heavy atom. The van der Waals surface area contributed by atoms with Crippen LogP contribution < -0.4 is 5.32 Å². The first-order valence-electron chi connectivity index (χ1n) is 10.4. The van der Waals surface area contributed by atoms with Gasteiger partial charge in [-0.2, -0.15) is 0 Å². The summed E-state index contributed by atoms with van der Waals surface area (Å²) >= 11 is 6.01. The molecule has 3 rings (SSSR count). The van der Waals surface area contributed by atoms with Crippen molar-refractivity contribution in [2.75, 3.05) is 32.7 Å². The van der Waals surface area contributed by atoms with E-state index in [0.717, 1.165) is 23.6 Å². The third-order valence-electron chi connectivity index (χ3n) is 5.20. The zero-order valence-corrected chi connectivity index (χ0v) is 21.1. The second-order valence-corrected chi connectivity index (χ2v) is 7.87. The number of amides is 1. The van der Waals surface area contributed by atoms with Crippen molar-refractivity contribution in [2.24, 2.45) is 4.99 Å². The van der Waals surface area contributed by atoms with Gasteiger partial charge in [-0.05, 0) is 42.3 Å². The molecule has 1 aliphatic heterocycles. The van der Waals surface area contributed by atoms with Crippen LogP contribution in [0.4, 0.5) is 4.39 Å². The molecule has 6 nitrogen and oxygen atoms in total. The van der Waals surface area contributed by atoms with E-state index >= 15 is 0 Å². The monoisotopic (exact) mass is 574 g/mol. The lowest BCUT2D eigenvalue weighted by Crippen LogP contribution is -2.54. The minimum atomic E-state index is -0.416. The molecule has 174 valence electrons. The van der Waals surface area contributed by atoms with Crippen LogP contribution >= 0.6 is 35.6 Å². The third kappa shape index (κ3) is 7.31. The quantitative estimate of drug-likeness (QED) is 0.315. The number of nitrogens with zero attached hydrogens (tertiary/aromatic N) is 3. The highest BCUT2D eigenvalue weighted by molar-refractivity contribution is 14.0. The van der Waals surface area contributed by atoms with Gasteiger partial charge in [-0.3, -0.25) is 4.79 Å². The standard InChI is InChI=1S/C23H28ClFN4O2.HI/c1-2-26-23(27-15-18-6-7-21(25)19(12-18)16-30)29-10-8-28(9-11-29)22(31)14-17-4-3-5-20(24)13-17;/h3-7,12-13,30H,2,8-11,14-16H2,1H3,(H,26,27);1H. The van der Waals surface area contributed by atoms with Gasteiger partial charge in [0.05, 0.1) is 19.6 Å². The number of carbonyl (C=O) groups is 1. The number of aliphatic hydroxyl groups is 1. The summed E-state index contributed by atoms with van der Waals surface area (Å²) < 4.78 is 13.6. The van der Waals surface area contributed by atoms with Gasteiger partial charge in [-0.15, -0.1) is 24.0 Å². The second-order valence-electron chi connectivity index (χ2n) is 7.43. The number of hydrogen-bond acceptors (Lipinski definition) is 3. The van der Waals surface area contributed by atoms with E-state index in [9.17, 15) is 14.3 Å². The number of carbonyl (C=O) groups excluding carboxylic acids is 1. The summed E-state index contributed by atoms with van der Waals surface area (Å²) in [5, 5.41) is 13.2. The number of piperazine rings is 1. The van der Waals surface area contributed by atoms with E-state index in [0.29, 0.717) is 44.2 Å². The van der Waals surface area contributed by atoms with Crippen molar-refractivity contribution in [3.63, 3.8) is 0 Å². The van der Waals surface area contributed by atoms with E-state index < -0.39 is 5.82 Å². The number of benzene rings is 2. The van der Waals surface area contributed by atoms with Crippen LogP contribution in [0.2, 0.25) is 5.02 Å². The first-order chi connectivity index (χ1) is 15.0. The van der Waals surface area contributed by atoms with Gasteiger partial charge in [-0.1, -0.05) is 29.8 Å². The molecule has 0 aliphatic carbocycles. The first-order valence-corrected chi connectivity index (χ1v) is 10.8. The fourth-order valence-electron chi connectivity index (χ4n) is 3.54. The van der Waals surface area contributed by atoms with Gasteiger partial charge >= 0.3 is 0 Å². The number of rotatable bonds is 6. The summed E-state index contributed by atoms with van der Waals surface area (Å²) in [5.74, 6) is 0.437. The Labute approximate surface area is 210 Å². The molecule has 1 aliphatic rings. The molecule has 1 fully saturated rings. The van der Waals surface area contributed by atoms with E-state index in [1.54, 1.807) is 18.2 Å². The van der Waals surface area contributed by atoms with Crippen LogP contribution in [0.1, 0.15) is 23.6 Å². The van der Waals surface area contributed by atoms with Crippen LogP contribution in [0, 0.1) is 5.82 Å². The van der Waals surface area contributed by atoms with E-state index in [1.165, 1.54) is 6.07 Å². The molecule has 1 heterocycles. The lowest BCUT2D eigenvalue weighted by molar-refractivity contribution is -0.131. The van der Waals surface area contributed by atoms with E-state index in [2.05, 4.69) is 15.2 Å². The predicted octanol–water partition coefficient (Wildman–Crippen LogP) is 3.44. The van der Waals surface area contributed by atoms with Crippen LogP contribution in [0.15, 0.2) is 47.5 Å². The number of aliphatic hydroxyl groups excluding tert-OH is 1. The molecule has 32 heavy (non-hydrogen) atoms. The van der Waals surface area contributed by atoms with Crippen molar-refractivity contribution >= 4 is 47.4 Å². The number of halogens is 3. The lowest BCUT2D eigenvalue weighted by atomic mass is 10.1. The third-order valence-corrected chi connectivity index (χ3v) is 5.44. The molecular weight excluding hydrogens is 546 g/mol. The number of aliphatic imine (C=N–C) groups is 1. The molecule has 0 bridgehead atoms. The molecule has 9 heteroatoms. The molecule has 1 amide bonds. The predicted molar refractivity (Wildman–Crippen MR) is 136 cm³/mol. The van der Waals surface area contributed by atoms with E-state index in [4.69, 9.17) is 11.6 Å². The van der Waals surface area contributed by atoms with Gasteiger partial charge in [0.15, 0.2) is 5.96 Å². The molecule has 0 saturated carbocycles. The minimum absolute atomic E-state index is 0. The average Bonchev–Trinajstić information content (AvgIpc) is 2.77. The highest BCUT2D eigenvalue weighted by atomic mass is 127. The average molecular weight is 575 g/mol. The minimum Gasteiger partial charge on any atom is -0.392 e. The van der Waals surface area contributed by atoms with Gasteiger partial charge in [0.25, 0.3) is 0 Å². The largest absolute Gasteiger partial charge is 0.392 e. The maximum atomic E-state index is 13.6. The molecule has 0 aromatic heterocycles. The van der Waals surface area contributed by atoms with Gasteiger partial charge in [-0.25, -0.2) is 9.38 Å². The molecule has 0 spiro atoms. The SMILES string of the molecule is CCNC(=NCc1ccc(F)c(CO)c1)N1CCN(C(=O)Cc2cccc(Cl)c2)CC1.I. The van der Waals surface area contributed by atoms with Gasteiger partial charge in [0.2, 0.25) is 5.91 Å². The smallest absolute Gasteiger partial charge is 0.227 e. The molecule has 2 N–H and O–H groups in total. The molecule has 0 radical (unpaired) electrons. The molecular formula is C23H29ClFIN4O2. The van der Waals surface area contributed by atoms with Gasteiger partial charge in [0, 0.05) is 43.3 Å². The Morgan fingerprint density at radius 2 is 1.84 bits per heavy atom. The summed E-state index contributed by atoms with van der Waals surface area (Å²) in [5.41, 5.74) is 2.01. The van der Waals surface area contributed by atoms with Crippen molar-refractivity contribution in [3.8, 4) is 0 Å². The van der Waals surface area contributed by atoms with Gasteiger partial charge in [0.1, 0.15) is 5.82 Å². The topological polar surface area (TPSA) is 68.2 Å². The van der Waals surface area contributed by atoms with E-state index in [1.807, 2.05) is 30.0 Å². The Hall–Kier alpha value is -1.91. The lowest BCUT2D eigenvalue weighted by Gasteiger charge is -2.36. The van der Waals surface area contributed by atoms with Crippen molar-refractivity contribution in [1.29, 1.82) is 0 Å². The summed E-state index contributed by atoms with van der Waals surface area (Å²) in [4.78, 5) is 21.3. The number of guanidine groups is 1. The van der Waals surface area contributed by atoms with Crippen molar-refractivity contribution in [3.05, 3.63) is 70.0 Å². The fourth-order valence-corrected chi connectivity index (χ4v) is 3.75.